The van der Waals surface area contributed by atoms with Crippen molar-refractivity contribution in [3.8, 4) is 17.2 Å². The molecule has 0 heterocycles. The van der Waals surface area contributed by atoms with Crippen molar-refractivity contribution in [1.82, 2.24) is 10.2 Å². The number of rotatable bonds is 13. The molecule has 2 atom stereocenters. The lowest BCUT2D eigenvalue weighted by atomic mass is 10.0. The molecule has 0 saturated carbocycles. The van der Waals surface area contributed by atoms with Gasteiger partial charge in [0.15, 0.2) is 6.61 Å². The summed E-state index contributed by atoms with van der Waals surface area (Å²) in [7, 11) is 3.06. The van der Waals surface area contributed by atoms with Crippen molar-refractivity contribution in [2.45, 2.75) is 45.3 Å². The van der Waals surface area contributed by atoms with Crippen molar-refractivity contribution < 1.29 is 23.8 Å². The Hall–Kier alpha value is -3.42. The van der Waals surface area contributed by atoms with E-state index in [9.17, 15) is 9.59 Å². The molecule has 0 spiro atoms. The summed E-state index contributed by atoms with van der Waals surface area (Å²) < 4.78 is 16.5. The Morgan fingerprint density at radius 3 is 2.05 bits per heavy atom. The number of nitrogens with zero attached hydrogens (tertiary/aromatic N) is 1. The van der Waals surface area contributed by atoms with Crippen LogP contribution in [0, 0.1) is 0 Å². The molecule has 3 aromatic rings. The zero-order valence-corrected chi connectivity index (χ0v) is 24.1. The Labute approximate surface area is 240 Å². The minimum atomic E-state index is -0.843. The van der Waals surface area contributed by atoms with Gasteiger partial charge in [0.25, 0.3) is 5.91 Å². The van der Waals surface area contributed by atoms with Crippen LogP contribution in [0.3, 0.4) is 0 Å². The molecule has 3 aromatic carbocycles. The average molecular weight is 574 g/mol. The van der Waals surface area contributed by atoms with E-state index in [4.69, 9.17) is 37.4 Å². The Kier molecular flexibility index (Phi) is 11.3. The second kappa shape index (κ2) is 14.7. The molecule has 1 N–H and O–H groups in total. The first-order valence-electron chi connectivity index (χ1n) is 12.7. The van der Waals surface area contributed by atoms with Crippen LogP contribution >= 0.6 is 23.2 Å². The van der Waals surface area contributed by atoms with Gasteiger partial charge < -0.3 is 24.4 Å². The first-order valence-corrected chi connectivity index (χ1v) is 13.4. The highest BCUT2D eigenvalue weighted by molar-refractivity contribution is 6.36. The fourth-order valence-corrected chi connectivity index (χ4v) is 4.46. The maximum atomic E-state index is 13.8. The molecule has 7 nitrogen and oxygen atoms in total. The van der Waals surface area contributed by atoms with Gasteiger partial charge in [-0.2, -0.15) is 0 Å². The summed E-state index contributed by atoms with van der Waals surface area (Å²) in [5.41, 5.74) is 1.45. The number of hydrogen-bond acceptors (Lipinski definition) is 5. The molecule has 0 radical (unpaired) electrons. The van der Waals surface area contributed by atoms with Crippen molar-refractivity contribution in [2.75, 3.05) is 20.8 Å². The first kappa shape index (κ1) is 30.1. The Bertz CT molecular complexity index is 1210. The molecule has 208 valence electrons. The maximum Gasteiger partial charge on any atom is 0.261 e. The second-order valence-corrected chi connectivity index (χ2v) is 9.90. The van der Waals surface area contributed by atoms with E-state index in [-0.39, 0.29) is 25.1 Å². The first-order chi connectivity index (χ1) is 18.7. The number of carbonyl (C=O) groups is 2. The van der Waals surface area contributed by atoms with Gasteiger partial charge >= 0.3 is 0 Å². The van der Waals surface area contributed by atoms with Crippen LogP contribution < -0.4 is 19.5 Å². The molecule has 3 rings (SSSR count). The fourth-order valence-electron chi connectivity index (χ4n) is 3.94. The number of nitrogens with one attached hydrogen (secondary N) is 1. The standard InChI is InChI=1S/C30H34Cl2N2O5/c1-5-20(2)33-30(36)28(14-21-10-7-6-8-11-21)34(18-25-26(31)12-9-13-27(25)32)29(35)19-39-24-16-22(37-3)15-23(17-24)38-4/h6-13,15-17,20,28H,5,14,18-19H2,1-4H3,(H,33,36)/t20-,28-/m1/s1. The van der Waals surface area contributed by atoms with Crippen LogP contribution in [0.4, 0.5) is 0 Å². The Morgan fingerprint density at radius 1 is 0.897 bits per heavy atom. The number of carbonyl (C=O) groups excluding carboxylic acids is 2. The third-order valence-corrected chi connectivity index (χ3v) is 7.06. The topological polar surface area (TPSA) is 77.1 Å². The zero-order chi connectivity index (χ0) is 28.4. The summed E-state index contributed by atoms with van der Waals surface area (Å²) in [6.07, 6.45) is 1.04. The summed E-state index contributed by atoms with van der Waals surface area (Å²) in [6, 6.07) is 18.8. The van der Waals surface area contributed by atoms with Crippen LogP contribution in [0.1, 0.15) is 31.4 Å². The van der Waals surface area contributed by atoms with Crippen LogP contribution in [-0.2, 0) is 22.6 Å². The van der Waals surface area contributed by atoms with Gasteiger partial charge in [-0.1, -0.05) is 66.5 Å². The van der Waals surface area contributed by atoms with E-state index < -0.39 is 11.9 Å². The molecule has 9 heteroatoms. The number of hydrogen-bond donors (Lipinski definition) is 1. The van der Waals surface area contributed by atoms with E-state index in [2.05, 4.69) is 5.32 Å². The molecular weight excluding hydrogens is 539 g/mol. The number of benzene rings is 3. The van der Waals surface area contributed by atoms with Crippen molar-refractivity contribution >= 4 is 35.0 Å². The van der Waals surface area contributed by atoms with E-state index >= 15 is 0 Å². The Balaban J connectivity index is 1.98. The maximum absolute atomic E-state index is 13.8. The van der Waals surface area contributed by atoms with Crippen molar-refractivity contribution in [3.63, 3.8) is 0 Å². The van der Waals surface area contributed by atoms with Gasteiger partial charge in [0.1, 0.15) is 23.3 Å². The number of methoxy groups -OCH3 is 2. The molecule has 39 heavy (non-hydrogen) atoms. The van der Waals surface area contributed by atoms with Crippen molar-refractivity contribution in [1.29, 1.82) is 0 Å². The van der Waals surface area contributed by atoms with Crippen LogP contribution in [0.15, 0.2) is 66.7 Å². The minimum Gasteiger partial charge on any atom is -0.496 e. The highest BCUT2D eigenvalue weighted by atomic mass is 35.5. The predicted octanol–water partition coefficient (Wildman–Crippen LogP) is 5.94. The quantitative estimate of drug-likeness (QED) is 0.274. The molecule has 0 aromatic heterocycles. The highest BCUT2D eigenvalue weighted by Crippen LogP contribution is 2.29. The smallest absolute Gasteiger partial charge is 0.261 e. The second-order valence-electron chi connectivity index (χ2n) is 9.08. The molecule has 0 fully saturated rings. The van der Waals surface area contributed by atoms with Crippen molar-refractivity contribution in [3.05, 3.63) is 87.9 Å². The van der Waals surface area contributed by atoms with Gasteiger partial charge in [0.05, 0.1) is 14.2 Å². The van der Waals surface area contributed by atoms with Crippen LogP contribution in [0.25, 0.3) is 0 Å². The van der Waals surface area contributed by atoms with E-state index in [0.29, 0.717) is 39.3 Å². The SMILES string of the molecule is CC[C@@H](C)NC(=O)[C@@H](Cc1ccccc1)N(Cc1c(Cl)cccc1Cl)C(=O)COc1cc(OC)cc(OC)c1. The predicted molar refractivity (Wildman–Crippen MR) is 154 cm³/mol. The number of ether oxygens (including phenoxy) is 3. The summed E-state index contributed by atoms with van der Waals surface area (Å²) in [6.45, 7) is 3.60. The van der Waals surface area contributed by atoms with E-state index in [1.54, 1.807) is 36.4 Å². The summed E-state index contributed by atoms with van der Waals surface area (Å²) in [5, 5.41) is 3.84. The van der Waals surface area contributed by atoms with Crippen LogP contribution in [-0.4, -0.2) is 49.6 Å². The molecule has 0 aliphatic rings. The Morgan fingerprint density at radius 2 is 1.49 bits per heavy atom. The van der Waals surface area contributed by atoms with Gasteiger partial charge in [-0.15, -0.1) is 0 Å². The molecule has 2 amide bonds. The highest BCUT2D eigenvalue weighted by Gasteiger charge is 2.32. The largest absolute Gasteiger partial charge is 0.496 e. The van der Waals surface area contributed by atoms with Gasteiger partial charge in [0, 0.05) is 52.8 Å². The molecular formula is C30H34Cl2N2O5. The zero-order valence-electron chi connectivity index (χ0n) is 22.6. The monoisotopic (exact) mass is 572 g/mol. The fraction of sp³-hybridized carbons (Fsp3) is 0.333. The number of amides is 2. The molecule has 0 aliphatic carbocycles. The van der Waals surface area contributed by atoms with Crippen LogP contribution in [0.5, 0.6) is 17.2 Å². The van der Waals surface area contributed by atoms with E-state index in [1.807, 2.05) is 44.2 Å². The normalized spacial score (nSPS) is 12.3. The van der Waals surface area contributed by atoms with Crippen LogP contribution in [0.2, 0.25) is 10.0 Å². The van der Waals surface area contributed by atoms with E-state index in [1.165, 1.54) is 19.1 Å². The summed E-state index contributed by atoms with van der Waals surface area (Å²) in [5.74, 6) is 0.748. The summed E-state index contributed by atoms with van der Waals surface area (Å²) >= 11 is 13.0. The van der Waals surface area contributed by atoms with Gasteiger partial charge in [-0.05, 0) is 31.0 Å². The third-order valence-electron chi connectivity index (χ3n) is 6.35. The van der Waals surface area contributed by atoms with Crippen molar-refractivity contribution in [2.24, 2.45) is 0 Å². The lowest BCUT2D eigenvalue weighted by Gasteiger charge is -2.32. The lowest BCUT2D eigenvalue weighted by Crippen LogP contribution is -2.53. The minimum absolute atomic E-state index is 0.0214. The lowest BCUT2D eigenvalue weighted by molar-refractivity contribution is -0.143. The molecule has 0 saturated heterocycles. The summed E-state index contributed by atoms with van der Waals surface area (Å²) in [4.78, 5) is 28.9. The molecule has 0 bridgehead atoms. The van der Waals surface area contributed by atoms with E-state index in [0.717, 1.165) is 12.0 Å². The third kappa shape index (κ3) is 8.53. The number of halogens is 2. The molecule has 0 aliphatic heterocycles. The van der Waals surface area contributed by atoms with Gasteiger partial charge in [-0.3, -0.25) is 9.59 Å². The molecule has 0 unspecified atom stereocenters. The average Bonchev–Trinajstić information content (AvgIpc) is 2.95. The van der Waals surface area contributed by atoms with Gasteiger partial charge in [0.2, 0.25) is 5.91 Å². The van der Waals surface area contributed by atoms with Gasteiger partial charge in [-0.25, -0.2) is 0 Å².